The normalized spacial score (nSPS) is 12.1. The first kappa shape index (κ1) is 26.4. The zero-order valence-corrected chi connectivity index (χ0v) is 18.7. The molecule has 0 unspecified atom stereocenters. The second-order valence-corrected chi connectivity index (χ2v) is 7.23. The van der Waals surface area contributed by atoms with Crippen molar-refractivity contribution in [3.8, 4) is 0 Å². The number of ketones is 1. The van der Waals surface area contributed by atoms with Gasteiger partial charge in [-0.2, -0.15) is 13.2 Å². The molecule has 0 amide bonds. The summed E-state index contributed by atoms with van der Waals surface area (Å²) >= 11 is 0. The molecule has 0 aliphatic rings. The number of aromatic nitrogens is 1. The largest absolute Gasteiger partial charge is 0.462 e. The number of carbonyl (C=O) groups excluding carboxylic acids is 3. The number of ether oxygens (including phenoxy) is 2. The Morgan fingerprint density at radius 1 is 1.15 bits per heavy atom. The van der Waals surface area contributed by atoms with E-state index in [2.05, 4.69) is 10.3 Å². The van der Waals surface area contributed by atoms with Crippen LogP contribution in [0, 0.1) is 24.0 Å². The third kappa shape index (κ3) is 5.91. The van der Waals surface area contributed by atoms with Crippen LogP contribution in [0.1, 0.15) is 51.5 Å². The number of nitro benzene ring substituents is 1. The minimum atomic E-state index is -4.79. The SMILES string of the molecule is CCOC(=O)c1c(C)[nH]c(C)c1C(=O)COC(=O)[C@@H](C)Nc1ccc(C(F)(F)F)cc1[N+](=O)[O-]. The molecule has 13 heteroatoms. The molecule has 2 aromatic rings. The number of esters is 2. The zero-order chi connectivity index (χ0) is 25.8. The van der Waals surface area contributed by atoms with E-state index in [1.165, 1.54) is 6.92 Å². The van der Waals surface area contributed by atoms with Gasteiger partial charge in [-0.15, -0.1) is 0 Å². The van der Waals surface area contributed by atoms with E-state index in [0.717, 1.165) is 6.07 Å². The number of aromatic amines is 1. The first-order chi connectivity index (χ1) is 15.8. The van der Waals surface area contributed by atoms with Crippen LogP contribution in [0.5, 0.6) is 0 Å². The standard InChI is InChI=1S/C21H22F3N3O7/c1-5-33-20(30)18-11(3)25-10(2)17(18)16(28)9-34-19(29)12(4)26-14-7-6-13(21(22,23)24)8-15(14)27(31)32/h6-8,12,25-26H,5,9H2,1-4H3/t12-/m1/s1. The molecule has 1 atom stereocenters. The van der Waals surface area contributed by atoms with E-state index < -0.39 is 52.7 Å². The number of alkyl halides is 3. The highest BCUT2D eigenvalue weighted by Crippen LogP contribution is 2.35. The number of aryl methyl sites for hydroxylation is 2. The zero-order valence-electron chi connectivity index (χ0n) is 18.7. The number of Topliss-reactive ketones (excluding diaryl/α,β-unsaturated/α-hetero) is 1. The van der Waals surface area contributed by atoms with Gasteiger partial charge in [0.1, 0.15) is 11.7 Å². The van der Waals surface area contributed by atoms with Crippen LogP contribution >= 0.6 is 0 Å². The number of hydrogen-bond acceptors (Lipinski definition) is 8. The van der Waals surface area contributed by atoms with Crippen LogP contribution in [0.4, 0.5) is 24.5 Å². The molecule has 2 N–H and O–H groups in total. The number of anilines is 1. The van der Waals surface area contributed by atoms with Crippen LogP contribution in [-0.4, -0.2) is 46.9 Å². The van der Waals surface area contributed by atoms with Gasteiger partial charge in [0, 0.05) is 17.5 Å². The highest BCUT2D eigenvalue weighted by atomic mass is 19.4. The summed E-state index contributed by atoms with van der Waals surface area (Å²) in [6.07, 6.45) is -4.79. The molecule has 10 nitrogen and oxygen atoms in total. The average molecular weight is 485 g/mol. The molecular weight excluding hydrogens is 463 g/mol. The molecule has 0 saturated heterocycles. The fourth-order valence-corrected chi connectivity index (χ4v) is 3.20. The van der Waals surface area contributed by atoms with Crippen LogP contribution < -0.4 is 5.32 Å². The molecule has 1 aromatic carbocycles. The maximum absolute atomic E-state index is 12.8. The molecular formula is C21H22F3N3O7. The van der Waals surface area contributed by atoms with Crippen molar-refractivity contribution in [1.29, 1.82) is 0 Å². The van der Waals surface area contributed by atoms with E-state index in [4.69, 9.17) is 9.47 Å². The summed E-state index contributed by atoms with van der Waals surface area (Å²) in [6, 6.07) is 0.553. The van der Waals surface area contributed by atoms with Crippen LogP contribution in [0.3, 0.4) is 0 Å². The van der Waals surface area contributed by atoms with E-state index in [0.29, 0.717) is 23.5 Å². The van der Waals surface area contributed by atoms with E-state index >= 15 is 0 Å². The number of H-pyrrole nitrogens is 1. The molecule has 2 rings (SSSR count). The van der Waals surface area contributed by atoms with Crippen molar-refractivity contribution in [2.75, 3.05) is 18.5 Å². The Morgan fingerprint density at radius 2 is 1.76 bits per heavy atom. The molecule has 0 radical (unpaired) electrons. The average Bonchev–Trinajstić information content (AvgIpc) is 3.04. The van der Waals surface area contributed by atoms with Gasteiger partial charge in [-0.3, -0.25) is 14.9 Å². The van der Waals surface area contributed by atoms with Crippen LogP contribution in [0.25, 0.3) is 0 Å². The van der Waals surface area contributed by atoms with Gasteiger partial charge < -0.3 is 19.8 Å². The number of nitro groups is 1. The Labute approximate surface area is 191 Å². The molecule has 0 aliphatic carbocycles. The van der Waals surface area contributed by atoms with Crippen molar-refractivity contribution in [3.05, 3.63) is 56.4 Å². The number of carbonyl (C=O) groups is 3. The van der Waals surface area contributed by atoms with Gasteiger partial charge in [0.25, 0.3) is 5.69 Å². The van der Waals surface area contributed by atoms with Crippen molar-refractivity contribution in [2.45, 2.75) is 39.9 Å². The van der Waals surface area contributed by atoms with Crippen molar-refractivity contribution >= 4 is 29.1 Å². The minimum Gasteiger partial charge on any atom is -0.462 e. The maximum atomic E-state index is 12.8. The van der Waals surface area contributed by atoms with Crippen LogP contribution in [-0.2, 0) is 20.4 Å². The van der Waals surface area contributed by atoms with Gasteiger partial charge in [-0.25, -0.2) is 9.59 Å². The van der Waals surface area contributed by atoms with Gasteiger partial charge in [-0.1, -0.05) is 0 Å². The van der Waals surface area contributed by atoms with Gasteiger partial charge in [-0.05, 0) is 39.8 Å². The number of nitrogens with one attached hydrogen (secondary N) is 2. The lowest BCUT2D eigenvalue weighted by atomic mass is 10.1. The molecule has 1 heterocycles. The summed E-state index contributed by atoms with van der Waals surface area (Å²) in [5.41, 5.74) is -1.66. The summed E-state index contributed by atoms with van der Waals surface area (Å²) in [6.45, 7) is 5.33. The Balaban J connectivity index is 2.13. The smallest absolute Gasteiger partial charge is 0.416 e. The summed E-state index contributed by atoms with van der Waals surface area (Å²) < 4.78 is 48.4. The van der Waals surface area contributed by atoms with Gasteiger partial charge in [0.15, 0.2) is 6.61 Å². The Kier molecular flexibility index (Phi) is 8.03. The molecule has 0 fully saturated rings. The predicted molar refractivity (Wildman–Crippen MR) is 113 cm³/mol. The number of rotatable bonds is 9. The van der Waals surface area contributed by atoms with Crippen molar-refractivity contribution in [3.63, 3.8) is 0 Å². The third-order valence-electron chi connectivity index (χ3n) is 4.73. The Hall–Kier alpha value is -3.90. The Morgan fingerprint density at radius 3 is 2.32 bits per heavy atom. The van der Waals surface area contributed by atoms with Gasteiger partial charge >= 0.3 is 18.1 Å². The monoisotopic (exact) mass is 485 g/mol. The van der Waals surface area contributed by atoms with Crippen LogP contribution in [0.15, 0.2) is 18.2 Å². The number of halogens is 3. The maximum Gasteiger partial charge on any atom is 0.416 e. The summed E-state index contributed by atoms with van der Waals surface area (Å²) in [5, 5.41) is 13.6. The molecule has 1 aromatic heterocycles. The number of benzene rings is 1. The summed E-state index contributed by atoms with van der Waals surface area (Å²) in [7, 11) is 0. The number of nitrogens with zero attached hydrogens (tertiary/aromatic N) is 1. The lowest BCUT2D eigenvalue weighted by Crippen LogP contribution is -2.30. The fraction of sp³-hybridized carbons (Fsp3) is 0.381. The molecule has 0 aliphatic heterocycles. The van der Waals surface area contributed by atoms with Crippen molar-refractivity contribution < 1.29 is 42.0 Å². The van der Waals surface area contributed by atoms with E-state index in [1.807, 2.05) is 0 Å². The van der Waals surface area contributed by atoms with Gasteiger partial charge in [0.05, 0.1) is 28.2 Å². The van der Waals surface area contributed by atoms with E-state index in [-0.39, 0.29) is 23.4 Å². The molecule has 184 valence electrons. The lowest BCUT2D eigenvalue weighted by Gasteiger charge is -2.15. The van der Waals surface area contributed by atoms with Crippen molar-refractivity contribution in [1.82, 2.24) is 4.98 Å². The van der Waals surface area contributed by atoms with E-state index in [9.17, 15) is 37.7 Å². The highest BCUT2D eigenvalue weighted by Gasteiger charge is 2.33. The topological polar surface area (TPSA) is 141 Å². The number of hydrogen-bond donors (Lipinski definition) is 2. The molecule has 0 bridgehead atoms. The summed E-state index contributed by atoms with van der Waals surface area (Å²) in [5.74, 6) is -2.40. The lowest BCUT2D eigenvalue weighted by molar-refractivity contribution is -0.384. The van der Waals surface area contributed by atoms with Crippen LogP contribution in [0.2, 0.25) is 0 Å². The second kappa shape index (κ2) is 10.4. The second-order valence-electron chi connectivity index (χ2n) is 7.23. The van der Waals surface area contributed by atoms with E-state index in [1.54, 1.807) is 20.8 Å². The quantitative estimate of drug-likeness (QED) is 0.235. The first-order valence-corrected chi connectivity index (χ1v) is 9.96. The predicted octanol–water partition coefficient (Wildman–Crippen LogP) is 3.96. The minimum absolute atomic E-state index is 0.00254. The Bertz CT molecular complexity index is 1130. The summed E-state index contributed by atoms with van der Waals surface area (Å²) in [4.78, 5) is 50.2. The first-order valence-electron chi connectivity index (χ1n) is 9.96. The molecule has 0 spiro atoms. The van der Waals surface area contributed by atoms with Crippen molar-refractivity contribution in [2.24, 2.45) is 0 Å². The molecule has 0 saturated carbocycles. The highest BCUT2D eigenvalue weighted by molar-refractivity contribution is 6.09. The fourth-order valence-electron chi connectivity index (χ4n) is 3.20. The molecule has 34 heavy (non-hydrogen) atoms. The van der Waals surface area contributed by atoms with Gasteiger partial charge in [0.2, 0.25) is 5.78 Å². The third-order valence-corrected chi connectivity index (χ3v) is 4.73.